The molecule has 3 rings (SSSR count). The van der Waals surface area contributed by atoms with Gasteiger partial charge >= 0.3 is 0 Å². The molecular weight excluding hydrogens is 368 g/mol. The number of hydrogen-bond acceptors (Lipinski definition) is 5. The van der Waals surface area contributed by atoms with Gasteiger partial charge in [0.1, 0.15) is 12.4 Å². The van der Waals surface area contributed by atoms with Crippen LogP contribution in [0.25, 0.3) is 0 Å². The summed E-state index contributed by atoms with van der Waals surface area (Å²) >= 11 is 0. The van der Waals surface area contributed by atoms with E-state index in [1.807, 2.05) is 4.68 Å². The van der Waals surface area contributed by atoms with Crippen LogP contribution in [0.3, 0.4) is 0 Å². The summed E-state index contributed by atoms with van der Waals surface area (Å²) in [5, 5.41) is 11.6. The van der Waals surface area contributed by atoms with Crippen LogP contribution in [0.15, 0.2) is 4.99 Å². The number of nitrogens with zero attached hydrogens (tertiary/aromatic N) is 4. The Morgan fingerprint density at radius 2 is 2.10 bits per heavy atom. The molecule has 0 bridgehead atoms. The van der Waals surface area contributed by atoms with Crippen molar-refractivity contribution in [3.63, 3.8) is 0 Å². The Morgan fingerprint density at radius 3 is 2.83 bits per heavy atom. The van der Waals surface area contributed by atoms with E-state index >= 15 is 0 Å². The van der Waals surface area contributed by atoms with E-state index in [2.05, 4.69) is 34.6 Å². The Balaban J connectivity index is 1.62. The molecule has 1 atom stereocenters. The zero-order chi connectivity index (χ0) is 20.5. The number of aliphatic imine (C=N–C) groups is 1. The number of methoxy groups -OCH3 is 1. The highest BCUT2D eigenvalue weighted by Crippen LogP contribution is 2.32. The fourth-order valence-electron chi connectivity index (χ4n) is 4.27. The van der Waals surface area contributed by atoms with Crippen molar-refractivity contribution >= 4 is 5.96 Å². The Labute approximate surface area is 174 Å². The van der Waals surface area contributed by atoms with Crippen molar-refractivity contribution < 1.29 is 9.47 Å². The molecule has 1 aromatic heterocycles. The molecule has 29 heavy (non-hydrogen) atoms. The van der Waals surface area contributed by atoms with E-state index in [-0.39, 0.29) is 11.6 Å². The number of rotatable bonds is 9. The molecule has 0 radical (unpaired) electrons. The molecule has 8 heteroatoms. The standard InChI is InChI=1S/C21H38N6O2/c1-4-13-29-21(11-7-6-8-12-21)16-23-20(22-5-2)24-17-9-10-19-25-18(15-28-3)26-27(19)14-17/h17H,4-16H2,1-3H3,(H2,22,23,24). The molecule has 1 saturated carbocycles. The first-order chi connectivity index (χ1) is 14.2. The predicted molar refractivity (Wildman–Crippen MR) is 114 cm³/mol. The van der Waals surface area contributed by atoms with Crippen LogP contribution >= 0.6 is 0 Å². The second-order valence-corrected chi connectivity index (χ2v) is 8.23. The molecule has 2 heterocycles. The summed E-state index contributed by atoms with van der Waals surface area (Å²) in [5.74, 6) is 2.69. The number of guanidine groups is 1. The number of aryl methyl sites for hydroxylation is 1. The molecule has 0 spiro atoms. The third-order valence-electron chi connectivity index (χ3n) is 5.76. The average Bonchev–Trinajstić information content (AvgIpc) is 3.13. The van der Waals surface area contributed by atoms with Crippen molar-refractivity contribution in [1.29, 1.82) is 0 Å². The van der Waals surface area contributed by atoms with Gasteiger partial charge in [-0.2, -0.15) is 5.10 Å². The van der Waals surface area contributed by atoms with Gasteiger partial charge in [-0.1, -0.05) is 26.2 Å². The summed E-state index contributed by atoms with van der Waals surface area (Å²) in [7, 11) is 1.67. The summed E-state index contributed by atoms with van der Waals surface area (Å²) in [6.45, 7) is 7.92. The smallest absolute Gasteiger partial charge is 0.191 e. The van der Waals surface area contributed by atoms with Gasteiger partial charge in [0.25, 0.3) is 0 Å². The van der Waals surface area contributed by atoms with Crippen molar-refractivity contribution in [3.05, 3.63) is 11.6 Å². The summed E-state index contributed by atoms with van der Waals surface area (Å²) in [4.78, 5) is 9.51. The fourth-order valence-corrected chi connectivity index (χ4v) is 4.27. The highest BCUT2D eigenvalue weighted by molar-refractivity contribution is 5.80. The van der Waals surface area contributed by atoms with Crippen LogP contribution in [0.5, 0.6) is 0 Å². The normalized spacial score (nSPS) is 21.6. The largest absolute Gasteiger partial charge is 0.377 e. The van der Waals surface area contributed by atoms with Crippen LogP contribution in [0.1, 0.15) is 70.4 Å². The third-order valence-corrected chi connectivity index (χ3v) is 5.76. The van der Waals surface area contributed by atoms with E-state index in [1.54, 1.807) is 7.11 Å². The minimum atomic E-state index is -0.0860. The number of ether oxygens (including phenoxy) is 2. The monoisotopic (exact) mass is 406 g/mol. The molecule has 1 fully saturated rings. The Morgan fingerprint density at radius 1 is 1.28 bits per heavy atom. The maximum Gasteiger partial charge on any atom is 0.191 e. The zero-order valence-corrected chi connectivity index (χ0v) is 18.4. The number of nitrogens with one attached hydrogen (secondary N) is 2. The second kappa shape index (κ2) is 10.9. The third kappa shape index (κ3) is 6.15. The van der Waals surface area contributed by atoms with Gasteiger partial charge < -0.3 is 20.1 Å². The molecule has 2 aliphatic rings. The topological polar surface area (TPSA) is 85.6 Å². The van der Waals surface area contributed by atoms with E-state index in [9.17, 15) is 0 Å². The summed E-state index contributed by atoms with van der Waals surface area (Å²) < 4.78 is 13.5. The minimum absolute atomic E-state index is 0.0860. The van der Waals surface area contributed by atoms with E-state index in [1.165, 1.54) is 19.3 Å². The molecule has 1 aliphatic carbocycles. The first-order valence-corrected chi connectivity index (χ1v) is 11.3. The maximum absolute atomic E-state index is 6.31. The van der Waals surface area contributed by atoms with Crippen LogP contribution in [-0.2, 0) is 29.0 Å². The number of fused-ring (bicyclic) bond motifs is 1. The first kappa shape index (κ1) is 22.0. The van der Waals surface area contributed by atoms with Gasteiger partial charge in [-0.05, 0) is 32.6 Å². The van der Waals surface area contributed by atoms with E-state index < -0.39 is 0 Å². The van der Waals surface area contributed by atoms with Crippen LogP contribution in [-0.4, -0.2) is 59.2 Å². The molecule has 1 aromatic rings. The quantitative estimate of drug-likeness (QED) is 0.484. The minimum Gasteiger partial charge on any atom is -0.377 e. The average molecular weight is 407 g/mol. The fraction of sp³-hybridized carbons (Fsp3) is 0.857. The van der Waals surface area contributed by atoms with Gasteiger partial charge in [0.2, 0.25) is 0 Å². The number of hydrogen-bond donors (Lipinski definition) is 2. The highest BCUT2D eigenvalue weighted by Gasteiger charge is 2.33. The lowest BCUT2D eigenvalue weighted by atomic mass is 9.84. The van der Waals surface area contributed by atoms with Crippen LogP contribution < -0.4 is 10.6 Å². The Bertz CT molecular complexity index is 654. The first-order valence-electron chi connectivity index (χ1n) is 11.3. The van der Waals surface area contributed by atoms with Gasteiger partial charge in [0.05, 0.1) is 18.7 Å². The lowest BCUT2D eigenvalue weighted by Gasteiger charge is -2.36. The SMILES string of the molecule is CCCOC1(CN=C(NCC)NC2CCc3nc(COC)nn3C2)CCCCC1. The van der Waals surface area contributed by atoms with E-state index in [0.29, 0.717) is 6.61 Å². The lowest BCUT2D eigenvalue weighted by Crippen LogP contribution is -2.48. The second-order valence-electron chi connectivity index (χ2n) is 8.23. The molecule has 0 saturated heterocycles. The molecule has 2 N–H and O–H groups in total. The molecule has 0 aromatic carbocycles. The van der Waals surface area contributed by atoms with Gasteiger partial charge in [-0.15, -0.1) is 0 Å². The summed E-state index contributed by atoms with van der Waals surface area (Å²) in [6.07, 6.45) is 9.01. The summed E-state index contributed by atoms with van der Waals surface area (Å²) in [5.41, 5.74) is -0.0860. The lowest BCUT2D eigenvalue weighted by molar-refractivity contribution is -0.0624. The van der Waals surface area contributed by atoms with Crippen LogP contribution in [0.2, 0.25) is 0 Å². The van der Waals surface area contributed by atoms with E-state index in [4.69, 9.17) is 14.5 Å². The highest BCUT2D eigenvalue weighted by atomic mass is 16.5. The molecule has 0 amide bonds. The maximum atomic E-state index is 6.31. The van der Waals surface area contributed by atoms with E-state index in [0.717, 1.165) is 76.0 Å². The van der Waals surface area contributed by atoms with Crippen molar-refractivity contribution in [2.45, 2.75) is 90.0 Å². The van der Waals surface area contributed by atoms with Crippen molar-refractivity contribution in [3.8, 4) is 0 Å². The Kier molecular flexibility index (Phi) is 8.29. The number of aromatic nitrogens is 3. The molecular formula is C21H38N6O2. The molecule has 164 valence electrons. The summed E-state index contributed by atoms with van der Waals surface area (Å²) in [6, 6.07) is 0.288. The van der Waals surface area contributed by atoms with Gasteiger partial charge in [0.15, 0.2) is 11.8 Å². The van der Waals surface area contributed by atoms with Gasteiger partial charge in [-0.3, -0.25) is 4.99 Å². The van der Waals surface area contributed by atoms with Crippen molar-refractivity contribution in [2.24, 2.45) is 4.99 Å². The molecule has 1 aliphatic heterocycles. The van der Waals surface area contributed by atoms with Crippen molar-refractivity contribution in [2.75, 3.05) is 26.8 Å². The predicted octanol–water partition coefficient (Wildman–Crippen LogP) is 2.42. The van der Waals surface area contributed by atoms with Gasteiger partial charge in [0, 0.05) is 32.7 Å². The molecule has 8 nitrogen and oxygen atoms in total. The molecule has 1 unspecified atom stereocenters. The van der Waals surface area contributed by atoms with Crippen molar-refractivity contribution in [1.82, 2.24) is 25.4 Å². The van der Waals surface area contributed by atoms with Crippen LogP contribution in [0, 0.1) is 0 Å². The van der Waals surface area contributed by atoms with Crippen LogP contribution in [0.4, 0.5) is 0 Å². The Hall–Kier alpha value is -1.67. The van der Waals surface area contributed by atoms with Gasteiger partial charge in [-0.25, -0.2) is 9.67 Å². The zero-order valence-electron chi connectivity index (χ0n) is 18.4.